The van der Waals surface area contributed by atoms with Crippen LogP contribution in [0.2, 0.25) is 0 Å². The minimum atomic E-state index is -0.210. The topological polar surface area (TPSA) is 47.6 Å². The van der Waals surface area contributed by atoms with E-state index < -0.39 is 0 Å². The Labute approximate surface area is 185 Å². The third-order valence-corrected chi connectivity index (χ3v) is 5.30. The molecule has 5 heteroatoms. The summed E-state index contributed by atoms with van der Waals surface area (Å²) in [5.41, 5.74) is 5.00. The fourth-order valence-corrected chi connectivity index (χ4v) is 3.49. The molecule has 3 aromatic rings. The maximum absolute atomic E-state index is 12.3. The quantitative estimate of drug-likeness (QED) is 0.416. The second kappa shape index (κ2) is 10.1. The molecular formula is C25H24BrNO3. The first kappa shape index (κ1) is 21.7. The van der Waals surface area contributed by atoms with E-state index in [-0.39, 0.29) is 5.91 Å². The summed E-state index contributed by atoms with van der Waals surface area (Å²) in [5, 5.41) is 2.86. The Balaban J connectivity index is 1.66. The average molecular weight is 466 g/mol. The first-order valence-corrected chi connectivity index (χ1v) is 10.4. The second-order valence-electron chi connectivity index (χ2n) is 6.93. The van der Waals surface area contributed by atoms with E-state index in [9.17, 15) is 4.79 Å². The van der Waals surface area contributed by atoms with E-state index in [1.54, 1.807) is 13.2 Å². The van der Waals surface area contributed by atoms with Crippen molar-refractivity contribution in [3.63, 3.8) is 0 Å². The lowest BCUT2D eigenvalue weighted by Gasteiger charge is -2.12. The van der Waals surface area contributed by atoms with Crippen molar-refractivity contribution >= 4 is 33.6 Å². The molecule has 0 unspecified atom stereocenters. The van der Waals surface area contributed by atoms with Crippen LogP contribution in [0.4, 0.5) is 5.69 Å². The van der Waals surface area contributed by atoms with Gasteiger partial charge < -0.3 is 14.8 Å². The minimum absolute atomic E-state index is 0.210. The number of hydrogen-bond acceptors (Lipinski definition) is 3. The van der Waals surface area contributed by atoms with Gasteiger partial charge in [0.25, 0.3) is 0 Å². The molecule has 0 bridgehead atoms. The Kier molecular flexibility index (Phi) is 7.31. The molecule has 4 nitrogen and oxygen atoms in total. The van der Waals surface area contributed by atoms with Crippen molar-refractivity contribution in [3.05, 3.63) is 93.5 Å². The molecule has 0 saturated heterocycles. The molecule has 0 aliphatic rings. The molecule has 1 N–H and O–H groups in total. The molecule has 0 heterocycles. The summed E-state index contributed by atoms with van der Waals surface area (Å²) in [6.07, 6.45) is 3.24. The van der Waals surface area contributed by atoms with E-state index in [0.29, 0.717) is 18.1 Å². The lowest BCUT2D eigenvalue weighted by Crippen LogP contribution is -2.08. The van der Waals surface area contributed by atoms with Gasteiger partial charge in [-0.25, -0.2) is 0 Å². The average Bonchev–Trinajstić information content (AvgIpc) is 2.74. The van der Waals surface area contributed by atoms with Gasteiger partial charge in [0.2, 0.25) is 5.91 Å². The van der Waals surface area contributed by atoms with Gasteiger partial charge >= 0.3 is 0 Å². The van der Waals surface area contributed by atoms with Crippen LogP contribution in [-0.4, -0.2) is 13.0 Å². The summed E-state index contributed by atoms with van der Waals surface area (Å²) >= 11 is 3.47. The molecule has 1 amide bonds. The zero-order valence-corrected chi connectivity index (χ0v) is 18.8. The molecule has 3 rings (SSSR count). The summed E-state index contributed by atoms with van der Waals surface area (Å²) in [5.74, 6) is 1.07. The number of aryl methyl sites for hydroxylation is 2. The predicted octanol–water partition coefficient (Wildman–Crippen LogP) is 6.31. The Hall–Kier alpha value is -3.05. The van der Waals surface area contributed by atoms with Crippen LogP contribution >= 0.6 is 15.9 Å². The van der Waals surface area contributed by atoms with Crippen molar-refractivity contribution in [3.8, 4) is 11.5 Å². The third kappa shape index (κ3) is 5.74. The van der Waals surface area contributed by atoms with Gasteiger partial charge in [0, 0.05) is 10.5 Å². The zero-order chi connectivity index (χ0) is 21.5. The maximum atomic E-state index is 12.3. The lowest BCUT2D eigenvalue weighted by atomic mass is 10.1. The number of benzene rings is 3. The van der Waals surface area contributed by atoms with Gasteiger partial charge in [0.05, 0.1) is 12.8 Å². The number of rotatable bonds is 7. The molecule has 154 valence electrons. The molecule has 0 atom stereocenters. The Morgan fingerprint density at radius 2 is 1.83 bits per heavy atom. The number of carbonyl (C=O) groups excluding carboxylic acids is 1. The smallest absolute Gasteiger partial charge is 0.248 e. The van der Waals surface area contributed by atoms with Gasteiger partial charge in [-0.3, -0.25) is 4.79 Å². The number of anilines is 1. The van der Waals surface area contributed by atoms with Gasteiger partial charge in [0.1, 0.15) is 6.61 Å². The Bertz CT molecular complexity index is 1080. The van der Waals surface area contributed by atoms with E-state index >= 15 is 0 Å². The van der Waals surface area contributed by atoms with E-state index in [1.807, 2.05) is 61.5 Å². The van der Waals surface area contributed by atoms with Gasteiger partial charge in [0.15, 0.2) is 11.5 Å². The SMILES string of the molecule is COc1cc(/C=C/C(=O)Nc2ccc(C)cc2Br)ccc1OCc1ccccc1C. The normalized spacial score (nSPS) is 10.8. The molecule has 0 saturated carbocycles. The summed E-state index contributed by atoms with van der Waals surface area (Å²) in [7, 11) is 1.60. The Morgan fingerprint density at radius 3 is 2.57 bits per heavy atom. The minimum Gasteiger partial charge on any atom is -0.493 e. The van der Waals surface area contributed by atoms with Crippen LogP contribution in [-0.2, 0) is 11.4 Å². The number of halogens is 1. The van der Waals surface area contributed by atoms with Crippen molar-refractivity contribution in [2.75, 3.05) is 12.4 Å². The first-order chi connectivity index (χ1) is 14.5. The molecule has 0 fully saturated rings. The molecule has 0 aliphatic heterocycles. The monoisotopic (exact) mass is 465 g/mol. The van der Waals surface area contributed by atoms with Crippen molar-refractivity contribution in [2.45, 2.75) is 20.5 Å². The predicted molar refractivity (Wildman–Crippen MR) is 125 cm³/mol. The van der Waals surface area contributed by atoms with E-state index in [0.717, 1.165) is 26.9 Å². The first-order valence-electron chi connectivity index (χ1n) is 9.57. The number of carbonyl (C=O) groups is 1. The zero-order valence-electron chi connectivity index (χ0n) is 17.2. The highest BCUT2D eigenvalue weighted by molar-refractivity contribution is 9.10. The highest BCUT2D eigenvalue weighted by Gasteiger charge is 2.07. The van der Waals surface area contributed by atoms with E-state index in [1.165, 1.54) is 11.6 Å². The Morgan fingerprint density at radius 1 is 1.03 bits per heavy atom. The van der Waals surface area contributed by atoms with Crippen LogP contribution in [0.5, 0.6) is 11.5 Å². The van der Waals surface area contributed by atoms with Crippen LogP contribution < -0.4 is 14.8 Å². The third-order valence-electron chi connectivity index (χ3n) is 4.64. The summed E-state index contributed by atoms with van der Waals surface area (Å²) in [6.45, 7) is 4.52. The van der Waals surface area contributed by atoms with Crippen molar-refractivity contribution in [1.29, 1.82) is 0 Å². The number of nitrogens with one attached hydrogen (secondary N) is 1. The number of methoxy groups -OCH3 is 1. The second-order valence-corrected chi connectivity index (χ2v) is 7.79. The summed E-state index contributed by atoms with van der Waals surface area (Å²) in [4.78, 5) is 12.3. The maximum Gasteiger partial charge on any atom is 0.248 e. The molecule has 0 spiro atoms. The van der Waals surface area contributed by atoms with E-state index in [4.69, 9.17) is 9.47 Å². The van der Waals surface area contributed by atoms with Crippen LogP contribution in [0.1, 0.15) is 22.3 Å². The molecule has 3 aromatic carbocycles. The molecule has 0 aliphatic carbocycles. The molecule has 0 aromatic heterocycles. The van der Waals surface area contributed by atoms with Crippen LogP contribution in [0.3, 0.4) is 0 Å². The summed E-state index contributed by atoms with van der Waals surface area (Å²) in [6, 6.07) is 19.5. The number of ether oxygens (including phenoxy) is 2. The summed E-state index contributed by atoms with van der Waals surface area (Å²) < 4.78 is 12.3. The lowest BCUT2D eigenvalue weighted by molar-refractivity contribution is -0.111. The highest BCUT2D eigenvalue weighted by atomic mass is 79.9. The van der Waals surface area contributed by atoms with Crippen LogP contribution in [0.15, 0.2) is 71.2 Å². The van der Waals surface area contributed by atoms with Gasteiger partial charge in [-0.2, -0.15) is 0 Å². The van der Waals surface area contributed by atoms with Crippen LogP contribution in [0, 0.1) is 13.8 Å². The molecule has 0 radical (unpaired) electrons. The largest absolute Gasteiger partial charge is 0.493 e. The van der Waals surface area contributed by atoms with E-state index in [2.05, 4.69) is 34.2 Å². The fourth-order valence-electron chi connectivity index (χ4n) is 2.90. The molecule has 30 heavy (non-hydrogen) atoms. The van der Waals surface area contributed by atoms with Gasteiger partial charge in [-0.1, -0.05) is 36.4 Å². The fraction of sp³-hybridized carbons (Fsp3) is 0.160. The number of hydrogen-bond donors (Lipinski definition) is 1. The van der Waals surface area contributed by atoms with Crippen molar-refractivity contribution < 1.29 is 14.3 Å². The van der Waals surface area contributed by atoms with Gasteiger partial charge in [-0.15, -0.1) is 0 Å². The van der Waals surface area contributed by atoms with Crippen molar-refractivity contribution in [2.24, 2.45) is 0 Å². The van der Waals surface area contributed by atoms with Gasteiger partial charge in [-0.05, 0) is 82.4 Å². The van der Waals surface area contributed by atoms with Crippen molar-refractivity contribution in [1.82, 2.24) is 0 Å². The highest BCUT2D eigenvalue weighted by Crippen LogP contribution is 2.30. The van der Waals surface area contributed by atoms with Crippen LogP contribution in [0.25, 0.3) is 6.08 Å². The number of amides is 1. The molecular weight excluding hydrogens is 442 g/mol. The standard InChI is InChI=1S/C25H24BrNO3/c1-17-8-11-22(21(26)14-17)27-25(28)13-10-19-9-12-23(24(15-19)29-3)30-16-20-7-5-4-6-18(20)2/h4-15H,16H2,1-3H3,(H,27,28)/b13-10+.